The number of hydrogen-bond donors (Lipinski definition) is 1. The first kappa shape index (κ1) is 19.2. The first-order chi connectivity index (χ1) is 13.0. The van der Waals surface area contributed by atoms with E-state index in [1.807, 2.05) is 24.3 Å². The lowest BCUT2D eigenvalue weighted by Crippen LogP contribution is -2.20. The van der Waals surface area contributed by atoms with Crippen LogP contribution in [0.15, 0.2) is 29.2 Å². The fraction of sp³-hybridized carbons (Fsp3) is 0.278. The molecule has 1 aromatic carbocycles. The van der Waals surface area contributed by atoms with Gasteiger partial charge in [-0.05, 0) is 18.1 Å². The maximum atomic E-state index is 12.5. The van der Waals surface area contributed by atoms with Gasteiger partial charge in [-0.25, -0.2) is 9.59 Å². The van der Waals surface area contributed by atoms with Crippen LogP contribution in [0.2, 0.25) is 0 Å². The van der Waals surface area contributed by atoms with Crippen molar-refractivity contribution in [2.75, 3.05) is 20.0 Å². The molecule has 0 fully saturated rings. The van der Waals surface area contributed by atoms with E-state index in [9.17, 15) is 14.4 Å². The van der Waals surface area contributed by atoms with Crippen molar-refractivity contribution in [2.24, 2.45) is 0 Å². The Kier molecular flexibility index (Phi) is 5.71. The van der Waals surface area contributed by atoms with Crippen LogP contribution in [0.25, 0.3) is 0 Å². The van der Waals surface area contributed by atoms with Crippen LogP contribution in [0.3, 0.4) is 0 Å². The van der Waals surface area contributed by atoms with Gasteiger partial charge in [0.15, 0.2) is 0 Å². The van der Waals surface area contributed by atoms with Crippen LogP contribution >= 0.6 is 23.1 Å². The molecule has 0 amide bonds. The van der Waals surface area contributed by atoms with Crippen molar-refractivity contribution < 1.29 is 28.6 Å². The summed E-state index contributed by atoms with van der Waals surface area (Å²) >= 11 is 2.33. The molecule has 1 atom stereocenters. The zero-order chi connectivity index (χ0) is 19.6. The SMILES string of the molecule is COC(=O)c1sc(N)c(C(=O)OC)c1COC(=O)C1Cc2ccccc2S1. The van der Waals surface area contributed by atoms with E-state index in [0.29, 0.717) is 6.42 Å². The van der Waals surface area contributed by atoms with Gasteiger partial charge in [0, 0.05) is 10.5 Å². The van der Waals surface area contributed by atoms with Crippen LogP contribution in [0, 0.1) is 0 Å². The van der Waals surface area contributed by atoms with Crippen molar-refractivity contribution >= 4 is 46.0 Å². The zero-order valence-corrected chi connectivity index (χ0v) is 16.3. The van der Waals surface area contributed by atoms with Gasteiger partial charge in [0.25, 0.3) is 0 Å². The number of carbonyl (C=O) groups excluding carboxylic acids is 3. The van der Waals surface area contributed by atoms with Gasteiger partial charge >= 0.3 is 17.9 Å². The number of nitrogen functional groups attached to an aromatic ring is 1. The quantitative estimate of drug-likeness (QED) is 0.596. The van der Waals surface area contributed by atoms with E-state index >= 15 is 0 Å². The van der Waals surface area contributed by atoms with E-state index < -0.39 is 17.9 Å². The van der Waals surface area contributed by atoms with Gasteiger partial charge in [-0.2, -0.15) is 0 Å². The fourth-order valence-corrected chi connectivity index (χ4v) is 4.93. The summed E-state index contributed by atoms with van der Waals surface area (Å²) in [5.41, 5.74) is 7.18. The van der Waals surface area contributed by atoms with E-state index in [0.717, 1.165) is 21.8 Å². The van der Waals surface area contributed by atoms with Crippen molar-refractivity contribution in [3.05, 3.63) is 45.8 Å². The Morgan fingerprint density at radius 1 is 1.15 bits per heavy atom. The molecule has 1 unspecified atom stereocenters. The molecule has 3 rings (SSSR count). The third kappa shape index (κ3) is 3.79. The van der Waals surface area contributed by atoms with Gasteiger partial charge in [-0.3, -0.25) is 4.79 Å². The highest BCUT2D eigenvalue weighted by Gasteiger charge is 2.32. The Hall–Kier alpha value is -2.52. The molecule has 0 radical (unpaired) electrons. The molecule has 1 aliphatic heterocycles. The average Bonchev–Trinajstić information content (AvgIpc) is 3.25. The van der Waals surface area contributed by atoms with E-state index in [-0.39, 0.29) is 32.9 Å². The Morgan fingerprint density at radius 2 is 1.85 bits per heavy atom. The second-order valence-electron chi connectivity index (χ2n) is 5.66. The number of ether oxygens (including phenoxy) is 3. The standard InChI is InChI=1S/C18H17NO6S2/c1-23-17(21)13-10(14(18(22)24-2)27-15(13)19)8-25-16(20)12-7-9-5-3-4-6-11(9)26-12/h3-6,12H,7-8,19H2,1-2H3. The molecule has 2 aromatic rings. The fourth-order valence-electron chi connectivity index (χ4n) is 2.76. The Morgan fingerprint density at radius 3 is 2.52 bits per heavy atom. The number of nitrogens with two attached hydrogens (primary N) is 1. The molecule has 27 heavy (non-hydrogen) atoms. The van der Waals surface area contributed by atoms with E-state index in [1.54, 1.807) is 0 Å². The summed E-state index contributed by atoms with van der Waals surface area (Å²) in [4.78, 5) is 37.7. The lowest BCUT2D eigenvalue weighted by Gasteiger charge is -2.11. The molecule has 2 N–H and O–H groups in total. The second-order valence-corrected chi connectivity index (χ2v) is 7.95. The Labute approximate surface area is 163 Å². The first-order valence-electron chi connectivity index (χ1n) is 7.95. The third-order valence-corrected chi connectivity index (χ3v) is 6.40. The third-order valence-electron chi connectivity index (χ3n) is 4.06. The van der Waals surface area contributed by atoms with Crippen molar-refractivity contribution in [1.82, 2.24) is 0 Å². The molecule has 142 valence electrons. The monoisotopic (exact) mass is 407 g/mol. The maximum absolute atomic E-state index is 12.5. The van der Waals surface area contributed by atoms with Gasteiger partial charge in [0.2, 0.25) is 0 Å². The molecule has 0 saturated heterocycles. The van der Waals surface area contributed by atoms with Gasteiger partial charge in [0.1, 0.15) is 27.3 Å². The molecule has 0 bridgehead atoms. The van der Waals surface area contributed by atoms with Gasteiger partial charge < -0.3 is 19.9 Å². The summed E-state index contributed by atoms with van der Waals surface area (Å²) in [6, 6.07) is 7.77. The number of methoxy groups -OCH3 is 2. The molecule has 7 nitrogen and oxygen atoms in total. The average molecular weight is 407 g/mol. The minimum absolute atomic E-state index is 0.0260. The largest absolute Gasteiger partial charge is 0.465 e. The number of esters is 3. The number of rotatable bonds is 5. The van der Waals surface area contributed by atoms with E-state index in [4.69, 9.17) is 19.9 Å². The molecule has 0 aliphatic carbocycles. The van der Waals surface area contributed by atoms with Crippen LogP contribution in [0.5, 0.6) is 0 Å². The minimum Gasteiger partial charge on any atom is -0.465 e. The van der Waals surface area contributed by atoms with Crippen molar-refractivity contribution in [1.29, 1.82) is 0 Å². The predicted molar refractivity (Wildman–Crippen MR) is 101 cm³/mol. The number of fused-ring (bicyclic) bond motifs is 1. The summed E-state index contributed by atoms with van der Waals surface area (Å²) in [7, 11) is 2.43. The van der Waals surface area contributed by atoms with Crippen molar-refractivity contribution in [2.45, 2.75) is 23.2 Å². The topological polar surface area (TPSA) is 105 Å². The molecule has 0 spiro atoms. The first-order valence-corrected chi connectivity index (χ1v) is 9.64. The van der Waals surface area contributed by atoms with E-state index in [2.05, 4.69) is 0 Å². The van der Waals surface area contributed by atoms with Crippen LogP contribution < -0.4 is 5.73 Å². The molecule has 1 aliphatic rings. The van der Waals surface area contributed by atoms with Crippen molar-refractivity contribution in [3.8, 4) is 0 Å². The molecule has 2 heterocycles. The van der Waals surface area contributed by atoms with Crippen molar-refractivity contribution in [3.63, 3.8) is 0 Å². The normalized spacial score (nSPS) is 15.1. The highest BCUT2D eigenvalue weighted by molar-refractivity contribution is 8.01. The van der Waals surface area contributed by atoms with Crippen LogP contribution in [-0.4, -0.2) is 37.4 Å². The highest BCUT2D eigenvalue weighted by atomic mass is 32.2. The predicted octanol–water partition coefficient (Wildman–Crippen LogP) is 2.66. The Balaban J connectivity index is 1.78. The number of hydrogen-bond acceptors (Lipinski definition) is 9. The minimum atomic E-state index is -0.701. The van der Waals surface area contributed by atoms with Gasteiger partial charge in [0.05, 0.1) is 14.2 Å². The van der Waals surface area contributed by atoms with Crippen LogP contribution in [0.4, 0.5) is 5.00 Å². The molecular weight excluding hydrogens is 390 g/mol. The lowest BCUT2D eigenvalue weighted by molar-refractivity contribution is -0.144. The summed E-state index contributed by atoms with van der Waals surface area (Å²) in [5.74, 6) is -1.78. The van der Waals surface area contributed by atoms with Gasteiger partial charge in [-0.1, -0.05) is 18.2 Å². The summed E-state index contributed by atoms with van der Waals surface area (Å²) in [5, 5.41) is -0.266. The number of thiophene rings is 1. The molecular formula is C18H17NO6S2. The zero-order valence-electron chi connectivity index (χ0n) is 14.6. The number of benzene rings is 1. The second kappa shape index (κ2) is 8.01. The van der Waals surface area contributed by atoms with Gasteiger partial charge in [-0.15, -0.1) is 23.1 Å². The molecule has 9 heteroatoms. The summed E-state index contributed by atoms with van der Waals surface area (Å²) in [6.07, 6.45) is 0.569. The number of anilines is 1. The van der Waals surface area contributed by atoms with Crippen LogP contribution in [-0.2, 0) is 32.0 Å². The Bertz CT molecular complexity index is 882. The van der Waals surface area contributed by atoms with Crippen LogP contribution in [0.1, 0.15) is 31.2 Å². The summed E-state index contributed by atoms with van der Waals surface area (Å²) < 4.78 is 14.9. The lowest BCUT2D eigenvalue weighted by atomic mass is 10.1. The van der Waals surface area contributed by atoms with E-state index in [1.165, 1.54) is 26.0 Å². The maximum Gasteiger partial charge on any atom is 0.348 e. The molecule has 1 aromatic heterocycles. The highest BCUT2D eigenvalue weighted by Crippen LogP contribution is 2.38. The summed E-state index contributed by atoms with van der Waals surface area (Å²) in [6.45, 7) is -0.269. The molecule has 0 saturated carbocycles. The smallest absolute Gasteiger partial charge is 0.348 e. The number of thioether (sulfide) groups is 1. The number of carbonyl (C=O) groups is 3.